The Morgan fingerprint density at radius 3 is 2.62 bits per heavy atom. The molecule has 2 heteroatoms. The fourth-order valence-electron chi connectivity index (χ4n) is 1.26. The lowest BCUT2D eigenvalue weighted by Crippen LogP contribution is -1.94. The van der Waals surface area contributed by atoms with Crippen LogP contribution >= 0.6 is 0 Å². The third-order valence-corrected chi connectivity index (χ3v) is 2.09. The van der Waals surface area contributed by atoms with E-state index in [1.807, 2.05) is 18.2 Å². The molecule has 0 aliphatic carbocycles. The van der Waals surface area contributed by atoms with Crippen molar-refractivity contribution in [1.82, 2.24) is 0 Å². The molecule has 0 fully saturated rings. The van der Waals surface area contributed by atoms with Gasteiger partial charge in [-0.05, 0) is 31.4 Å². The molecule has 0 atom stereocenters. The maximum atomic E-state index is 11.5. The van der Waals surface area contributed by atoms with Crippen molar-refractivity contribution in [3.05, 3.63) is 48.0 Å². The van der Waals surface area contributed by atoms with Crippen molar-refractivity contribution < 1.29 is 4.79 Å². The van der Waals surface area contributed by atoms with E-state index < -0.39 is 0 Å². The van der Waals surface area contributed by atoms with E-state index in [2.05, 4.69) is 24.1 Å². The first-order valence-corrected chi connectivity index (χ1v) is 5.61. The third kappa shape index (κ3) is 4.69. The lowest BCUT2D eigenvalue weighted by atomic mass is 10.2. The van der Waals surface area contributed by atoms with Crippen LogP contribution in [0.4, 0.5) is 0 Å². The standard InChI is InChI=1S/C14H17NO/c1-2-3-4-5-9-12-15-14(16)13-10-7-6-8-11-13/h3-4,6-8,10-12H,2,5,9H2,1H3/b4-3-,15-12?. The molecule has 1 rings (SSSR count). The number of rotatable bonds is 5. The van der Waals surface area contributed by atoms with E-state index in [4.69, 9.17) is 0 Å². The van der Waals surface area contributed by atoms with E-state index in [1.54, 1.807) is 18.3 Å². The summed E-state index contributed by atoms with van der Waals surface area (Å²) in [6.07, 6.45) is 8.73. The molecule has 2 nitrogen and oxygen atoms in total. The average Bonchev–Trinajstić information content (AvgIpc) is 2.34. The molecule has 1 aromatic rings. The predicted octanol–water partition coefficient (Wildman–Crippen LogP) is 3.64. The van der Waals surface area contributed by atoms with Gasteiger partial charge in [0.25, 0.3) is 5.91 Å². The summed E-state index contributed by atoms with van der Waals surface area (Å²) in [6, 6.07) is 9.11. The van der Waals surface area contributed by atoms with Crippen LogP contribution in [-0.4, -0.2) is 12.1 Å². The topological polar surface area (TPSA) is 29.4 Å². The highest BCUT2D eigenvalue weighted by molar-refractivity contribution is 5.98. The van der Waals surface area contributed by atoms with Crippen LogP contribution in [0.2, 0.25) is 0 Å². The van der Waals surface area contributed by atoms with E-state index in [0.717, 1.165) is 19.3 Å². The van der Waals surface area contributed by atoms with E-state index in [1.165, 1.54) is 0 Å². The molecule has 0 bridgehead atoms. The number of carbonyl (C=O) groups is 1. The third-order valence-electron chi connectivity index (χ3n) is 2.09. The van der Waals surface area contributed by atoms with Crippen molar-refractivity contribution in [2.24, 2.45) is 4.99 Å². The number of carbonyl (C=O) groups excluding carboxylic acids is 1. The summed E-state index contributed by atoms with van der Waals surface area (Å²) in [5.74, 6) is -0.167. The molecule has 0 heterocycles. The molecule has 0 aliphatic rings. The maximum Gasteiger partial charge on any atom is 0.276 e. The van der Waals surface area contributed by atoms with Crippen LogP contribution in [0.15, 0.2) is 47.5 Å². The quantitative estimate of drug-likeness (QED) is 0.419. The van der Waals surface area contributed by atoms with Crippen LogP contribution in [0.1, 0.15) is 36.5 Å². The smallest absolute Gasteiger partial charge is 0.267 e. The number of aliphatic imine (C=N–C) groups is 1. The first-order valence-electron chi connectivity index (χ1n) is 5.61. The van der Waals surface area contributed by atoms with Gasteiger partial charge in [-0.1, -0.05) is 37.3 Å². The van der Waals surface area contributed by atoms with E-state index >= 15 is 0 Å². The normalized spacial score (nSPS) is 11.3. The summed E-state index contributed by atoms with van der Waals surface area (Å²) in [5, 5.41) is 0. The molecule has 0 saturated carbocycles. The summed E-state index contributed by atoms with van der Waals surface area (Å²) >= 11 is 0. The number of unbranched alkanes of at least 4 members (excludes halogenated alkanes) is 1. The second-order valence-electron chi connectivity index (χ2n) is 3.44. The van der Waals surface area contributed by atoms with Crippen molar-refractivity contribution in [3.63, 3.8) is 0 Å². The molecular formula is C14H17NO. The van der Waals surface area contributed by atoms with E-state index in [-0.39, 0.29) is 5.91 Å². The van der Waals surface area contributed by atoms with Crippen LogP contribution in [0, 0.1) is 0 Å². The van der Waals surface area contributed by atoms with Crippen LogP contribution in [0.25, 0.3) is 0 Å². The van der Waals surface area contributed by atoms with E-state index in [9.17, 15) is 4.79 Å². The van der Waals surface area contributed by atoms with Crippen molar-refractivity contribution in [1.29, 1.82) is 0 Å². The minimum Gasteiger partial charge on any atom is -0.267 e. The van der Waals surface area contributed by atoms with Crippen LogP contribution < -0.4 is 0 Å². The second kappa shape index (κ2) is 7.57. The molecule has 16 heavy (non-hydrogen) atoms. The minimum atomic E-state index is -0.167. The SMILES string of the molecule is CC/C=C\CCC=NC(=O)c1ccccc1. The summed E-state index contributed by atoms with van der Waals surface area (Å²) in [5.41, 5.74) is 0.642. The molecule has 0 aromatic heterocycles. The van der Waals surface area contributed by atoms with Crippen molar-refractivity contribution in [2.45, 2.75) is 26.2 Å². The summed E-state index contributed by atoms with van der Waals surface area (Å²) < 4.78 is 0. The maximum absolute atomic E-state index is 11.5. The van der Waals surface area contributed by atoms with Gasteiger partial charge in [0, 0.05) is 11.8 Å². The van der Waals surface area contributed by atoms with Gasteiger partial charge in [0.15, 0.2) is 0 Å². The first-order chi connectivity index (χ1) is 7.84. The molecule has 1 aromatic carbocycles. The Bertz CT molecular complexity index is 366. The highest BCUT2D eigenvalue weighted by atomic mass is 16.1. The molecule has 84 valence electrons. The molecule has 0 N–H and O–H groups in total. The lowest BCUT2D eigenvalue weighted by Gasteiger charge is -1.92. The van der Waals surface area contributed by atoms with E-state index in [0.29, 0.717) is 5.56 Å². The Kier molecular flexibility index (Phi) is 5.86. The zero-order valence-corrected chi connectivity index (χ0v) is 9.60. The Labute approximate surface area is 96.7 Å². The minimum absolute atomic E-state index is 0.167. The van der Waals surface area contributed by atoms with Gasteiger partial charge >= 0.3 is 0 Å². The molecule has 0 aliphatic heterocycles. The van der Waals surface area contributed by atoms with Crippen molar-refractivity contribution in [2.75, 3.05) is 0 Å². The monoisotopic (exact) mass is 215 g/mol. The van der Waals surface area contributed by atoms with Crippen LogP contribution in [0.3, 0.4) is 0 Å². The number of hydrogen-bond donors (Lipinski definition) is 0. The second-order valence-corrected chi connectivity index (χ2v) is 3.44. The van der Waals surface area contributed by atoms with Crippen LogP contribution in [-0.2, 0) is 0 Å². The largest absolute Gasteiger partial charge is 0.276 e. The number of allylic oxidation sites excluding steroid dienone is 2. The highest BCUT2D eigenvalue weighted by Crippen LogP contribution is 2.00. The number of hydrogen-bond acceptors (Lipinski definition) is 1. The van der Waals surface area contributed by atoms with Gasteiger partial charge in [0.1, 0.15) is 0 Å². The fourth-order valence-corrected chi connectivity index (χ4v) is 1.26. The Hall–Kier alpha value is -1.70. The van der Waals surface area contributed by atoms with Gasteiger partial charge in [-0.2, -0.15) is 0 Å². The molecule has 0 spiro atoms. The first kappa shape index (κ1) is 12.4. The number of nitrogens with zero attached hydrogens (tertiary/aromatic N) is 1. The van der Waals surface area contributed by atoms with Gasteiger partial charge in [0.05, 0.1) is 0 Å². The summed E-state index contributed by atoms with van der Waals surface area (Å²) in [6.45, 7) is 2.10. The highest BCUT2D eigenvalue weighted by Gasteiger charge is 1.99. The summed E-state index contributed by atoms with van der Waals surface area (Å²) in [7, 11) is 0. The zero-order chi connectivity index (χ0) is 11.6. The lowest BCUT2D eigenvalue weighted by molar-refractivity contribution is 0.100. The number of amides is 1. The Morgan fingerprint density at radius 1 is 1.19 bits per heavy atom. The number of benzene rings is 1. The average molecular weight is 215 g/mol. The van der Waals surface area contributed by atoms with Gasteiger partial charge in [-0.15, -0.1) is 0 Å². The van der Waals surface area contributed by atoms with Gasteiger partial charge in [-0.25, -0.2) is 4.99 Å². The van der Waals surface area contributed by atoms with Crippen molar-refractivity contribution >= 4 is 12.1 Å². The molecule has 0 radical (unpaired) electrons. The Morgan fingerprint density at radius 2 is 1.94 bits per heavy atom. The molecule has 1 amide bonds. The summed E-state index contributed by atoms with van der Waals surface area (Å²) in [4.78, 5) is 15.4. The molecular weight excluding hydrogens is 198 g/mol. The van der Waals surface area contributed by atoms with Gasteiger partial charge < -0.3 is 0 Å². The predicted molar refractivity (Wildman–Crippen MR) is 67.9 cm³/mol. The molecule has 0 unspecified atom stereocenters. The van der Waals surface area contributed by atoms with Crippen LogP contribution in [0.5, 0.6) is 0 Å². The fraction of sp³-hybridized carbons (Fsp3) is 0.286. The Balaban J connectivity index is 2.35. The van der Waals surface area contributed by atoms with Gasteiger partial charge in [0.2, 0.25) is 0 Å². The van der Waals surface area contributed by atoms with Crippen molar-refractivity contribution in [3.8, 4) is 0 Å². The van der Waals surface area contributed by atoms with Gasteiger partial charge in [-0.3, -0.25) is 4.79 Å². The zero-order valence-electron chi connectivity index (χ0n) is 9.60. The molecule has 0 saturated heterocycles.